The Morgan fingerprint density at radius 3 is 3.00 bits per heavy atom. The summed E-state index contributed by atoms with van der Waals surface area (Å²) in [6, 6.07) is 3.95. The summed E-state index contributed by atoms with van der Waals surface area (Å²) in [6.45, 7) is 3.09. The quantitative estimate of drug-likeness (QED) is 0.745. The molecule has 0 fully saturated rings. The molecule has 0 saturated carbocycles. The summed E-state index contributed by atoms with van der Waals surface area (Å²) in [5.41, 5.74) is 3.04. The maximum atomic E-state index is 12.5. The van der Waals surface area contributed by atoms with Crippen molar-refractivity contribution in [1.29, 1.82) is 0 Å². The summed E-state index contributed by atoms with van der Waals surface area (Å²) in [7, 11) is 0. The predicted molar refractivity (Wildman–Crippen MR) is 98.6 cm³/mol. The van der Waals surface area contributed by atoms with E-state index in [1.807, 2.05) is 25.3 Å². The molecule has 1 unspecified atom stereocenters. The molecular formula is C18H20N6OS. The van der Waals surface area contributed by atoms with Gasteiger partial charge in [-0.3, -0.25) is 14.5 Å². The van der Waals surface area contributed by atoms with Crippen LogP contribution in [0.5, 0.6) is 0 Å². The third kappa shape index (κ3) is 3.65. The molecule has 0 spiro atoms. The smallest absolute Gasteiger partial charge is 0.223 e. The van der Waals surface area contributed by atoms with Crippen molar-refractivity contribution >= 4 is 17.2 Å². The Morgan fingerprint density at radius 1 is 1.38 bits per heavy atom. The van der Waals surface area contributed by atoms with Gasteiger partial charge in [-0.1, -0.05) is 5.21 Å². The molecule has 1 atom stereocenters. The summed E-state index contributed by atoms with van der Waals surface area (Å²) in [5, 5.41) is 12.0. The highest BCUT2D eigenvalue weighted by Crippen LogP contribution is 2.34. The second-order valence-electron chi connectivity index (χ2n) is 6.48. The van der Waals surface area contributed by atoms with E-state index in [0.717, 1.165) is 34.8 Å². The summed E-state index contributed by atoms with van der Waals surface area (Å²) in [5.74, 6) is 0.0957. The topological polar surface area (TPSA) is 85.6 Å². The number of rotatable bonds is 5. The summed E-state index contributed by atoms with van der Waals surface area (Å²) >= 11 is 1.73. The van der Waals surface area contributed by atoms with Crippen molar-refractivity contribution in [3.8, 4) is 10.6 Å². The predicted octanol–water partition coefficient (Wildman–Crippen LogP) is 2.03. The molecule has 8 heteroatoms. The van der Waals surface area contributed by atoms with Gasteiger partial charge in [0.1, 0.15) is 5.01 Å². The SMILES string of the molecule is Cc1cn(CCNC(=O)C2CCc3sc(-c4ccncc4)nc3C2)nn1. The molecule has 7 nitrogen and oxygen atoms in total. The van der Waals surface area contributed by atoms with Gasteiger partial charge in [-0.2, -0.15) is 0 Å². The van der Waals surface area contributed by atoms with Crippen LogP contribution < -0.4 is 5.32 Å². The van der Waals surface area contributed by atoms with E-state index in [0.29, 0.717) is 19.5 Å². The molecule has 0 saturated heterocycles. The van der Waals surface area contributed by atoms with Gasteiger partial charge in [0.05, 0.1) is 17.9 Å². The van der Waals surface area contributed by atoms with Crippen LogP contribution in [0.3, 0.4) is 0 Å². The van der Waals surface area contributed by atoms with E-state index in [1.165, 1.54) is 4.88 Å². The fourth-order valence-corrected chi connectivity index (χ4v) is 4.27. The molecule has 3 aromatic rings. The molecule has 0 aromatic carbocycles. The van der Waals surface area contributed by atoms with Gasteiger partial charge < -0.3 is 5.32 Å². The van der Waals surface area contributed by atoms with E-state index in [1.54, 1.807) is 28.4 Å². The minimum Gasteiger partial charge on any atom is -0.354 e. The van der Waals surface area contributed by atoms with Crippen LogP contribution in [0.4, 0.5) is 0 Å². The van der Waals surface area contributed by atoms with Gasteiger partial charge in [0, 0.05) is 47.9 Å². The highest BCUT2D eigenvalue weighted by Gasteiger charge is 2.27. The molecular weight excluding hydrogens is 348 g/mol. The number of amides is 1. The first-order valence-electron chi connectivity index (χ1n) is 8.72. The van der Waals surface area contributed by atoms with Crippen LogP contribution in [0.25, 0.3) is 10.6 Å². The molecule has 134 valence electrons. The number of fused-ring (bicyclic) bond motifs is 1. The van der Waals surface area contributed by atoms with Crippen molar-refractivity contribution in [2.24, 2.45) is 5.92 Å². The molecule has 0 radical (unpaired) electrons. The zero-order chi connectivity index (χ0) is 17.9. The van der Waals surface area contributed by atoms with Crippen LogP contribution in [-0.4, -0.2) is 37.4 Å². The molecule has 1 aliphatic rings. The molecule has 3 aromatic heterocycles. The van der Waals surface area contributed by atoms with Gasteiger partial charge in [-0.25, -0.2) is 4.98 Å². The number of carbonyl (C=O) groups is 1. The van der Waals surface area contributed by atoms with Gasteiger partial charge in [0.25, 0.3) is 0 Å². The average Bonchev–Trinajstić information content (AvgIpc) is 3.27. The minimum absolute atomic E-state index is 0.00706. The minimum atomic E-state index is -0.00706. The Morgan fingerprint density at radius 2 is 2.23 bits per heavy atom. The number of thiazole rings is 1. The van der Waals surface area contributed by atoms with Gasteiger partial charge in [-0.15, -0.1) is 16.4 Å². The van der Waals surface area contributed by atoms with E-state index in [4.69, 9.17) is 4.98 Å². The summed E-state index contributed by atoms with van der Waals surface area (Å²) in [4.78, 5) is 22.6. The van der Waals surface area contributed by atoms with Crippen LogP contribution in [0.15, 0.2) is 30.7 Å². The van der Waals surface area contributed by atoms with Crippen LogP contribution in [0.2, 0.25) is 0 Å². The Hall–Kier alpha value is -2.61. The molecule has 3 heterocycles. The van der Waals surface area contributed by atoms with E-state index in [2.05, 4.69) is 20.6 Å². The zero-order valence-corrected chi connectivity index (χ0v) is 15.4. The van der Waals surface area contributed by atoms with Crippen LogP contribution >= 0.6 is 11.3 Å². The fourth-order valence-electron chi connectivity index (χ4n) is 3.16. The first-order chi connectivity index (χ1) is 12.7. The number of nitrogens with one attached hydrogen (secondary N) is 1. The first-order valence-corrected chi connectivity index (χ1v) is 9.54. The zero-order valence-electron chi connectivity index (χ0n) is 14.6. The second kappa shape index (κ2) is 7.33. The summed E-state index contributed by atoms with van der Waals surface area (Å²) in [6.07, 6.45) is 7.93. The molecule has 1 N–H and O–H groups in total. The van der Waals surface area contributed by atoms with E-state index in [-0.39, 0.29) is 11.8 Å². The van der Waals surface area contributed by atoms with Gasteiger partial charge in [0.2, 0.25) is 5.91 Å². The largest absolute Gasteiger partial charge is 0.354 e. The van der Waals surface area contributed by atoms with E-state index >= 15 is 0 Å². The number of hydrogen-bond donors (Lipinski definition) is 1. The number of aromatic nitrogens is 5. The van der Waals surface area contributed by atoms with Crippen molar-refractivity contribution in [2.75, 3.05) is 6.54 Å². The standard InChI is InChI=1S/C18H20N6OS/c1-12-11-24(23-22-12)9-8-20-17(25)14-2-3-16-15(10-14)21-18(26-16)13-4-6-19-7-5-13/h4-7,11,14H,2-3,8-10H2,1H3,(H,20,25). The monoisotopic (exact) mass is 368 g/mol. The van der Waals surface area contributed by atoms with Crippen LogP contribution in [0.1, 0.15) is 22.7 Å². The lowest BCUT2D eigenvalue weighted by molar-refractivity contribution is -0.125. The average molecular weight is 368 g/mol. The maximum absolute atomic E-state index is 12.5. The molecule has 26 heavy (non-hydrogen) atoms. The normalized spacial score (nSPS) is 16.3. The van der Waals surface area contributed by atoms with E-state index in [9.17, 15) is 4.79 Å². The molecule has 1 aliphatic carbocycles. The van der Waals surface area contributed by atoms with Crippen LogP contribution in [0, 0.1) is 12.8 Å². The Balaban J connectivity index is 1.35. The first kappa shape index (κ1) is 16.8. The lowest BCUT2D eigenvalue weighted by Gasteiger charge is -2.20. The fraction of sp³-hybridized carbons (Fsp3) is 0.389. The van der Waals surface area contributed by atoms with Crippen molar-refractivity contribution in [3.63, 3.8) is 0 Å². The lowest BCUT2D eigenvalue weighted by Crippen LogP contribution is -2.35. The summed E-state index contributed by atoms with van der Waals surface area (Å²) < 4.78 is 1.75. The third-order valence-electron chi connectivity index (χ3n) is 4.53. The third-order valence-corrected chi connectivity index (χ3v) is 5.74. The lowest BCUT2D eigenvalue weighted by atomic mass is 9.90. The van der Waals surface area contributed by atoms with Crippen molar-refractivity contribution in [2.45, 2.75) is 32.7 Å². The highest BCUT2D eigenvalue weighted by molar-refractivity contribution is 7.15. The molecule has 4 rings (SSSR count). The van der Waals surface area contributed by atoms with Crippen molar-refractivity contribution < 1.29 is 4.79 Å². The Bertz CT molecular complexity index is 904. The second-order valence-corrected chi connectivity index (χ2v) is 7.56. The number of carbonyl (C=O) groups excluding carboxylic acids is 1. The van der Waals surface area contributed by atoms with Crippen molar-refractivity contribution in [1.82, 2.24) is 30.3 Å². The molecule has 1 amide bonds. The van der Waals surface area contributed by atoms with Gasteiger partial charge in [0.15, 0.2) is 0 Å². The molecule has 0 aliphatic heterocycles. The number of hydrogen-bond acceptors (Lipinski definition) is 6. The van der Waals surface area contributed by atoms with E-state index < -0.39 is 0 Å². The van der Waals surface area contributed by atoms with Crippen LogP contribution in [-0.2, 0) is 24.2 Å². The Kier molecular flexibility index (Phi) is 4.75. The number of nitrogens with zero attached hydrogens (tertiary/aromatic N) is 5. The number of aryl methyl sites for hydroxylation is 2. The number of pyridine rings is 1. The van der Waals surface area contributed by atoms with Gasteiger partial charge >= 0.3 is 0 Å². The van der Waals surface area contributed by atoms with Gasteiger partial charge in [-0.05, 0) is 31.9 Å². The Labute approximate surface area is 155 Å². The maximum Gasteiger partial charge on any atom is 0.223 e. The molecule has 0 bridgehead atoms. The highest BCUT2D eigenvalue weighted by atomic mass is 32.1. The van der Waals surface area contributed by atoms with Crippen molar-refractivity contribution in [3.05, 3.63) is 47.0 Å².